The third kappa shape index (κ3) is 5.05. The van der Waals surface area contributed by atoms with Crippen molar-refractivity contribution in [3.8, 4) is 28.8 Å². The van der Waals surface area contributed by atoms with Crippen molar-refractivity contribution in [1.29, 1.82) is 0 Å². The van der Waals surface area contributed by atoms with Crippen LogP contribution in [0.25, 0.3) is 11.4 Å². The van der Waals surface area contributed by atoms with Gasteiger partial charge in [0.05, 0.1) is 7.11 Å². The minimum atomic E-state index is -0.196. The Morgan fingerprint density at radius 2 is 1.68 bits per heavy atom. The summed E-state index contributed by atoms with van der Waals surface area (Å²) < 4.78 is 11.0. The van der Waals surface area contributed by atoms with Gasteiger partial charge in [-0.25, -0.2) is 4.98 Å². The van der Waals surface area contributed by atoms with Crippen LogP contribution in [0.15, 0.2) is 85.1 Å². The molecule has 0 bridgehead atoms. The van der Waals surface area contributed by atoms with Gasteiger partial charge in [0.15, 0.2) is 5.82 Å². The van der Waals surface area contributed by atoms with Gasteiger partial charge in [-0.3, -0.25) is 4.79 Å². The summed E-state index contributed by atoms with van der Waals surface area (Å²) in [6, 6.07) is 23.8. The number of methoxy groups -OCH3 is 1. The number of carbonyl (C=O) groups is 1. The normalized spacial score (nSPS) is 10.4. The van der Waals surface area contributed by atoms with Crippen molar-refractivity contribution in [2.75, 3.05) is 12.4 Å². The maximum atomic E-state index is 12.7. The molecule has 1 N–H and O–H groups in total. The number of nitrogens with zero attached hydrogens (tertiary/aromatic N) is 2. The van der Waals surface area contributed by atoms with Gasteiger partial charge in [0, 0.05) is 29.1 Å². The minimum absolute atomic E-state index is 0.196. The summed E-state index contributed by atoms with van der Waals surface area (Å²) in [5, 5.41) is 2.92. The van der Waals surface area contributed by atoms with Crippen LogP contribution >= 0.6 is 0 Å². The van der Waals surface area contributed by atoms with Gasteiger partial charge in [-0.05, 0) is 61.0 Å². The average molecular weight is 411 g/mol. The number of hydrogen-bond donors (Lipinski definition) is 1. The molecule has 0 atom stereocenters. The summed E-state index contributed by atoms with van der Waals surface area (Å²) in [6.45, 7) is 1.98. The molecule has 0 saturated carbocycles. The maximum absolute atomic E-state index is 12.7. The molecule has 0 unspecified atom stereocenters. The number of hydrogen-bond acceptors (Lipinski definition) is 5. The first-order valence-corrected chi connectivity index (χ1v) is 9.74. The molecule has 0 radical (unpaired) electrons. The molecule has 4 aromatic rings. The summed E-state index contributed by atoms with van der Waals surface area (Å²) in [6.07, 6.45) is 1.63. The maximum Gasteiger partial charge on any atom is 0.255 e. The molecule has 31 heavy (non-hydrogen) atoms. The number of ether oxygens (including phenoxy) is 2. The lowest BCUT2D eigenvalue weighted by atomic mass is 10.1. The van der Waals surface area contributed by atoms with Gasteiger partial charge in [0.1, 0.15) is 11.5 Å². The Labute approximate surface area is 180 Å². The second kappa shape index (κ2) is 9.09. The summed E-state index contributed by atoms with van der Waals surface area (Å²) in [5.74, 6) is 2.06. The van der Waals surface area contributed by atoms with E-state index in [9.17, 15) is 4.79 Å². The molecule has 154 valence electrons. The van der Waals surface area contributed by atoms with Crippen molar-refractivity contribution in [1.82, 2.24) is 9.97 Å². The molecule has 0 aliphatic rings. The second-order valence-electron chi connectivity index (χ2n) is 6.90. The fraction of sp³-hybridized carbons (Fsp3) is 0.0800. The van der Waals surface area contributed by atoms with E-state index in [0.29, 0.717) is 23.0 Å². The summed E-state index contributed by atoms with van der Waals surface area (Å²) in [5.41, 5.74) is 3.07. The molecule has 0 saturated heterocycles. The predicted octanol–water partition coefficient (Wildman–Crippen LogP) is 5.51. The molecule has 6 nitrogen and oxygen atoms in total. The van der Waals surface area contributed by atoms with Crippen LogP contribution in [0, 0.1) is 6.92 Å². The first-order chi connectivity index (χ1) is 15.1. The van der Waals surface area contributed by atoms with Crippen molar-refractivity contribution in [2.24, 2.45) is 0 Å². The van der Waals surface area contributed by atoms with Gasteiger partial charge >= 0.3 is 0 Å². The quantitative estimate of drug-likeness (QED) is 0.453. The van der Waals surface area contributed by atoms with E-state index in [1.54, 1.807) is 49.7 Å². The number of aryl methyl sites for hydroxylation is 1. The molecule has 4 rings (SSSR count). The van der Waals surface area contributed by atoms with Crippen LogP contribution in [0.5, 0.6) is 17.4 Å². The Hall–Kier alpha value is -4.19. The molecular weight excluding hydrogens is 390 g/mol. The van der Waals surface area contributed by atoms with Crippen LogP contribution < -0.4 is 14.8 Å². The largest absolute Gasteiger partial charge is 0.497 e. The Kier molecular flexibility index (Phi) is 5.89. The first kappa shape index (κ1) is 20.1. The monoisotopic (exact) mass is 411 g/mol. The van der Waals surface area contributed by atoms with Gasteiger partial charge in [0.2, 0.25) is 5.88 Å². The van der Waals surface area contributed by atoms with Crippen LogP contribution in [-0.2, 0) is 0 Å². The van der Waals surface area contributed by atoms with Gasteiger partial charge in [0.25, 0.3) is 5.91 Å². The van der Waals surface area contributed by atoms with Crippen molar-refractivity contribution in [2.45, 2.75) is 6.92 Å². The summed E-state index contributed by atoms with van der Waals surface area (Å²) in [7, 11) is 1.61. The lowest BCUT2D eigenvalue weighted by Crippen LogP contribution is -2.12. The molecule has 1 amide bonds. The predicted molar refractivity (Wildman–Crippen MR) is 120 cm³/mol. The van der Waals surface area contributed by atoms with Gasteiger partial charge in [-0.1, -0.05) is 24.3 Å². The number of amides is 1. The lowest BCUT2D eigenvalue weighted by Gasteiger charge is -2.09. The number of aromatic nitrogens is 2. The number of carbonyl (C=O) groups excluding carboxylic acids is 1. The van der Waals surface area contributed by atoms with E-state index in [1.807, 2.05) is 49.4 Å². The zero-order chi connectivity index (χ0) is 21.6. The average Bonchev–Trinajstić information content (AvgIpc) is 2.80. The molecule has 0 fully saturated rings. The highest BCUT2D eigenvalue weighted by Crippen LogP contribution is 2.24. The standard InChI is InChI=1S/C25H21N3O3/c1-17-5-3-8-20(15-17)27-25(29)19-7-4-6-18(16-19)24-26-14-13-23(28-24)31-22-11-9-21(30-2)10-12-22/h3-16H,1-2H3,(H,27,29). The van der Waals surface area contributed by atoms with Crippen LogP contribution in [0.3, 0.4) is 0 Å². The fourth-order valence-corrected chi connectivity index (χ4v) is 3.03. The van der Waals surface area contributed by atoms with Crippen molar-refractivity contribution >= 4 is 11.6 Å². The highest BCUT2D eigenvalue weighted by Gasteiger charge is 2.10. The van der Waals surface area contributed by atoms with Gasteiger partial charge < -0.3 is 14.8 Å². The molecule has 3 aromatic carbocycles. The zero-order valence-corrected chi connectivity index (χ0v) is 17.2. The smallest absolute Gasteiger partial charge is 0.255 e. The molecule has 0 spiro atoms. The number of anilines is 1. The van der Waals surface area contributed by atoms with Crippen LogP contribution in [-0.4, -0.2) is 23.0 Å². The molecule has 1 heterocycles. The number of nitrogens with one attached hydrogen (secondary N) is 1. The summed E-state index contributed by atoms with van der Waals surface area (Å²) >= 11 is 0. The summed E-state index contributed by atoms with van der Waals surface area (Å²) in [4.78, 5) is 21.5. The highest BCUT2D eigenvalue weighted by atomic mass is 16.5. The lowest BCUT2D eigenvalue weighted by molar-refractivity contribution is 0.102. The van der Waals surface area contributed by atoms with Crippen molar-refractivity contribution < 1.29 is 14.3 Å². The zero-order valence-electron chi connectivity index (χ0n) is 17.2. The second-order valence-corrected chi connectivity index (χ2v) is 6.90. The van der Waals surface area contributed by atoms with Crippen molar-refractivity contribution in [3.63, 3.8) is 0 Å². The highest BCUT2D eigenvalue weighted by molar-refractivity contribution is 6.04. The number of benzene rings is 3. The van der Waals surface area contributed by atoms with Crippen molar-refractivity contribution in [3.05, 3.63) is 96.2 Å². The van der Waals surface area contributed by atoms with E-state index < -0.39 is 0 Å². The SMILES string of the molecule is COc1ccc(Oc2ccnc(-c3cccc(C(=O)Nc4cccc(C)c4)c3)n2)cc1. The van der Waals surface area contributed by atoms with Gasteiger partial charge in [-0.15, -0.1) is 0 Å². The third-order valence-corrected chi connectivity index (χ3v) is 4.57. The minimum Gasteiger partial charge on any atom is -0.497 e. The third-order valence-electron chi connectivity index (χ3n) is 4.57. The van der Waals surface area contributed by atoms with Gasteiger partial charge in [-0.2, -0.15) is 4.98 Å². The van der Waals surface area contributed by atoms with E-state index in [1.165, 1.54) is 0 Å². The topological polar surface area (TPSA) is 73.3 Å². The molecular formula is C25H21N3O3. The van der Waals surface area contributed by atoms with E-state index in [-0.39, 0.29) is 5.91 Å². The van der Waals surface area contributed by atoms with Crippen LogP contribution in [0.2, 0.25) is 0 Å². The number of rotatable bonds is 6. The Morgan fingerprint density at radius 1 is 0.903 bits per heavy atom. The van der Waals surface area contributed by atoms with E-state index in [4.69, 9.17) is 9.47 Å². The fourth-order valence-electron chi connectivity index (χ4n) is 3.03. The van der Waals surface area contributed by atoms with Crippen LogP contribution in [0.4, 0.5) is 5.69 Å². The van der Waals surface area contributed by atoms with E-state index >= 15 is 0 Å². The van der Waals surface area contributed by atoms with E-state index in [2.05, 4.69) is 15.3 Å². The van der Waals surface area contributed by atoms with Crippen LogP contribution in [0.1, 0.15) is 15.9 Å². The Balaban J connectivity index is 1.53. The van der Waals surface area contributed by atoms with E-state index in [0.717, 1.165) is 22.6 Å². The Morgan fingerprint density at radius 3 is 2.45 bits per heavy atom. The molecule has 1 aromatic heterocycles. The Bertz CT molecular complexity index is 1210. The first-order valence-electron chi connectivity index (χ1n) is 9.74. The molecule has 0 aliphatic carbocycles. The molecule has 0 aliphatic heterocycles. The molecule has 6 heteroatoms.